The molecule has 0 unspecified atom stereocenters. The van der Waals surface area contributed by atoms with Crippen LogP contribution in [-0.4, -0.2) is 15.0 Å². The summed E-state index contributed by atoms with van der Waals surface area (Å²) in [4.78, 5) is 13.6. The van der Waals surface area contributed by atoms with E-state index >= 15 is 0 Å². The van der Waals surface area contributed by atoms with Gasteiger partial charge in [-0.1, -0.05) is 29.8 Å². The first-order chi connectivity index (χ1) is 12.8. The molecule has 3 aromatic heterocycles. The molecule has 4 rings (SSSR count). The van der Waals surface area contributed by atoms with Gasteiger partial charge in [-0.15, -0.1) is 0 Å². The van der Waals surface area contributed by atoms with Crippen molar-refractivity contribution in [1.29, 1.82) is 0 Å². The minimum atomic E-state index is 0.601. The van der Waals surface area contributed by atoms with Gasteiger partial charge >= 0.3 is 0 Å². The van der Waals surface area contributed by atoms with E-state index in [-0.39, 0.29) is 0 Å². The largest absolute Gasteiger partial charge is 0.256 e. The minimum Gasteiger partial charge on any atom is -0.256 e. The Bertz CT molecular complexity index is 1040. The number of rotatable bonds is 3. The molecule has 3 nitrogen and oxygen atoms in total. The number of hydrogen-bond donors (Lipinski definition) is 0. The van der Waals surface area contributed by atoms with Crippen molar-refractivity contribution < 1.29 is 0 Å². The molecule has 4 aromatic rings. The van der Waals surface area contributed by atoms with Crippen molar-refractivity contribution in [3.8, 4) is 33.8 Å². The maximum Gasteiger partial charge on any atom is 0.0724 e. The Morgan fingerprint density at radius 1 is 0.654 bits per heavy atom. The van der Waals surface area contributed by atoms with Crippen LogP contribution < -0.4 is 0 Å². The number of hydrogen-bond acceptors (Lipinski definition) is 3. The molecule has 0 saturated carbocycles. The lowest BCUT2D eigenvalue weighted by molar-refractivity contribution is 1.28. The molecule has 0 fully saturated rings. The Hall–Kier alpha value is -2.56. The third kappa shape index (κ3) is 3.14. The van der Waals surface area contributed by atoms with Gasteiger partial charge in [0, 0.05) is 39.8 Å². The summed E-state index contributed by atoms with van der Waals surface area (Å²) in [5.74, 6) is 0. The van der Waals surface area contributed by atoms with E-state index in [0.717, 1.165) is 38.2 Å². The topological polar surface area (TPSA) is 38.7 Å². The number of nitrogens with zero attached hydrogens (tertiary/aromatic N) is 3. The third-order valence-corrected chi connectivity index (χ3v) is 5.25. The van der Waals surface area contributed by atoms with Crippen LogP contribution >= 0.6 is 27.5 Å². The molecule has 5 heteroatoms. The van der Waals surface area contributed by atoms with E-state index in [0.29, 0.717) is 5.02 Å². The van der Waals surface area contributed by atoms with Crippen LogP contribution in [-0.2, 0) is 0 Å². The Morgan fingerprint density at radius 3 is 1.65 bits per heavy atom. The van der Waals surface area contributed by atoms with Crippen LogP contribution in [0.2, 0.25) is 5.02 Å². The van der Waals surface area contributed by atoms with E-state index < -0.39 is 0 Å². The van der Waals surface area contributed by atoms with Gasteiger partial charge in [0.2, 0.25) is 0 Å². The lowest BCUT2D eigenvalue weighted by Crippen LogP contribution is -1.96. The summed E-state index contributed by atoms with van der Waals surface area (Å²) in [6.45, 7) is 0. The van der Waals surface area contributed by atoms with Crippen molar-refractivity contribution in [3.05, 3.63) is 88.7 Å². The first-order valence-corrected chi connectivity index (χ1v) is 9.19. The van der Waals surface area contributed by atoms with Crippen molar-refractivity contribution in [1.82, 2.24) is 15.0 Å². The smallest absolute Gasteiger partial charge is 0.0724 e. The van der Waals surface area contributed by atoms with E-state index in [2.05, 4.69) is 30.9 Å². The summed E-state index contributed by atoms with van der Waals surface area (Å²) in [7, 11) is 0. The van der Waals surface area contributed by atoms with Gasteiger partial charge in [-0.3, -0.25) is 15.0 Å². The average Bonchev–Trinajstić information content (AvgIpc) is 2.71. The highest BCUT2D eigenvalue weighted by Crippen LogP contribution is 2.45. The normalized spacial score (nSPS) is 10.7. The van der Waals surface area contributed by atoms with Gasteiger partial charge in [-0.05, 0) is 58.4 Å². The van der Waals surface area contributed by atoms with Crippen LogP contribution in [0.25, 0.3) is 33.8 Å². The summed E-state index contributed by atoms with van der Waals surface area (Å²) in [6, 6.07) is 19.4. The number of halogens is 2. The predicted octanol–water partition coefficient (Wildman–Crippen LogP) is 6.29. The van der Waals surface area contributed by atoms with Gasteiger partial charge in [-0.25, -0.2) is 0 Å². The molecule has 3 heterocycles. The summed E-state index contributed by atoms with van der Waals surface area (Å²) in [5.41, 5.74) is 5.15. The highest BCUT2D eigenvalue weighted by molar-refractivity contribution is 9.10. The highest BCUT2D eigenvalue weighted by atomic mass is 79.9. The van der Waals surface area contributed by atoms with Crippen molar-refractivity contribution >= 4 is 27.5 Å². The van der Waals surface area contributed by atoms with Crippen molar-refractivity contribution in [2.75, 3.05) is 0 Å². The van der Waals surface area contributed by atoms with E-state index in [1.54, 1.807) is 18.6 Å². The molecule has 0 atom stereocenters. The molecule has 0 radical (unpaired) electrons. The van der Waals surface area contributed by atoms with Crippen LogP contribution in [0.5, 0.6) is 0 Å². The number of pyridine rings is 3. The van der Waals surface area contributed by atoms with Crippen molar-refractivity contribution in [2.24, 2.45) is 0 Å². The van der Waals surface area contributed by atoms with Crippen LogP contribution in [0, 0.1) is 0 Å². The first kappa shape index (κ1) is 16.9. The van der Waals surface area contributed by atoms with Crippen LogP contribution in [0.4, 0.5) is 0 Å². The Balaban J connectivity index is 2.12. The molecule has 126 valence electrons. The van der Waals surface area contributed by atoms with Gasteiger partial charge in [-0.2, -0.15) is 0 Å². The second kappa shape index (κ2) is 7.36. The molecule has 0 aliphatic rings. The fourth-order valence-electron chi connectivity index (χ4n) is 2.88. The molecule has 1 aromatic carbocycles. The van der Waals surface area contributed by atoms with Gasteiger partial charge in [0.25, 0.3) is 0 Å². The molecular weight excluding hydrogens is 410 g/mol. The lowest BCUT2D eigenvalue weighted by atomic mass is 9.93. The minimum absolute atomic E-state index is 0.601. The van der Waals surface area contributed by atoms with Gasteiger partial charge < -0.3 is 0 Å². The van der Waals surface area contributed by atoms with Gasteiger partial charge in [0.1, 0.15) is 0 Å². The fraction of sp³-hybridized carbons (Fsp3) is 0. The van der Waals surface area contributed by atoms with Gasteiger partial charge in [0.05, 0.1) is 22.1 Å². The molecule has 0 N–H and O–H groups in total. The summed E-state index contributed by atoms with van der Waals surface area (Å²) >= 11 is 10.3. The zero-order chi connectivity index (χ0) is 17.9. The summed E-state index contributed by atoms with van der Waals surface area (Å²) in [5, 5.41) is 0.601. The summed E-state index contributed by atoms with van der Waals surface area (Å²) < 4.78 is 0.792. The monoisotopic (exact) mass is 421 g/mol. The Kier molecular flexibility index (Phi) is 4.78. The third-order valence-electron chi connectivity index (χ3n) is 4.00. The molecule has 0 aliphatic heterocycles. The second-order valence-corrected chi connectivity index (χ2v) is 6.85. The zero-order valence-electron chi connectivity index (χ0n) is 13.6. The van der Waals surface area contributed by atoms with Crippen LogP contribution in [0.1, 0.15) is 0 Å². The maximum atomic E-state index is 6.71. The SMILES string of the molecule is Clc1c(Br)cc(-c2ccccn2)c(-c2ccccn2)c1-c1ccccn1. The molecule has 0 spiro atoms. The molecule has 0 bridgehead atoms. The maximum absolute atomic E-state index is 6.71. The highest BCUT2D eigenvalue weighted by Gasteiger charge is 2.21. The Morgan fingerprint density at radius 2 is 1.15 bits per heavy atom. The average molecular weight is 423 g/mol. The second-order valence-electron chi connectivity index (χ2n) is 5.61. The van der Waals surface area contributed by atoms with Gasteiger partial charge in [0.15, 0.2) is 0 Å². The Labute approximate surface area is 164 Å². The van der Waals surface area contributed by atoms with Crippen LogP contribution in [0.3, 0.4) is 0 Å². The summed E-state index contributed by atoms with van der Waals surface area (Å²) in [6.07, 6.45) is 5.31. The van der Waals surface area contributed by atoms with Crippen molar-refractivity contribution in [2.45, 2.75) is 0 Å². The molecule has 26 heavy (non-hydrogen) atoms. The van der Waals surface area contributed by atoms with Crippen LogP contribution in [0.15, 0.2) is 83.7 Å². The zero-order valence-corrected chi connectivity index (χ0v) is 15.9. The van der Waals surface area contributed by atoms with E-state index in [1.807, 2.05) is 60.7 Å². The molecule has 0 aliphatic carbocycles. The standard InChI is InChI=1S/C21H13BrClN3/c22-15-13-14(16-7-1-4-10-24-16)19(17-8-2-5-11-25-17)20(21(15)23)18-9-3-6-12-26-18/h1-13H. The molecular formula is C21H13BrClN3. The predicted molar refractivity (Wildman–Crippen MR) is 109 cm³/mol. The lowest BCUT2D eigenvalue weighted by Gasteiger charge is -2.17. The fourth-order valence-corrected chi connectivity index (χ4v) is 3.55. The molecule has 0 amide bonds. The van der Waals surface area contributed by atoms with E-state index in [4.69, 9.17) is 11.6 Å². The number of benzene rings is 1. The quantitative estimate of drug-likeness (QED) is 0.389. The van der Waals surface area contributed by atoms with Crippen molar-refractivity contribution in [3.63, 3.8) is 0 Å². The number of aromatic nitrogens is 3. The first-order valence-electron chi connectivity index (χ1n) is 8.02. The van der Waals surface area contributed by atoms with E-state index in [1.165, 1.54) is 0 Å². The van der Waals surface area contributed by atoms with E-state index in [9.17, 15) is 0 Å². The molecule has 0 saturated heterocycles.